The largest absolute Gasteiger partial charge is 0.381 e. The number of sulfonamides is 1. The smallest absolute Gasteiger partial charge is 0.281 e. The third kappa shape index (κ3) is 5.33. The number of carbonyl (C=O) groups excluding carboxylic acids is 1. The molecule has 1 N–H and O–H groups in total. The molecule has 4 rings (SSSR count). The lowest BCUT2D eigenvalue weighted by molar-refractivity contribution is -0.114. The number of fused-ring (bicyclic) bond motifs is 1. The normalized spacial score (nSPS) is 15.3. The van der Waals surface area contributed by atoms with Gasteiger partial charge < -0.3 is 14.6 Å². The first-order chi connectivity index (χ1) is 16.5. The Balaban J connectivity index is 1.67. The maximum Gasteiger partial charge on any atom is 0.281 e. The Labute approximate surface area is 206 Å². The predicted octanol–water partition coefficient (Wildman–Crippen LogP) is 3.94. The monoisotopic (exact) mass is 499 g/mol. The highest BCUT2D eigenvalue weighted by atomic mass is 32.2. The number of rotatable bonds is 6. The molecule has 0 unspecified atom stereocenters. The Hall–Kier alpha value is -2.98. The second kappa shape index (κ2) is 9.58. The van der Waals surface area contributed by atoms with Gasteiger partial charge in [-0.3, -0.25) is 9.10 Å². The predicted molar refractivity (Wildman–Crippen MR) is 136 cm³/mol. The van der Waals surface area contributed by atoms with Crippen molar-refractivity contribution < 1.29 is 17.9 Å². The molecular weight excluding hydrogens is 466 g/mol. The van der Waals surface area contributed by atoms with Gasteiger partial charge in [-0.1, -0.05) is 20.8 Å². The van der Waals surface area contributed by atoms with Crippen LogP contribution in [0.3, 0.4) is 0 Å². The number of imidazole rings is 1. The summed E-state index contributed by atoms with van der Waals surface area (Å²) in [6.07, 6.45) is 3.38. The molecule has 0 spiro atoms. The summed E-state index contributed by atoms with van der Waals surface area (Å²) < 4.78 is 35.5. The lowest BCUT2D eigenvalue weighted by Crippen LogP contribution is -2.27. The minimum atomic E-state index is -3.90. The summed E-state index contributed by atoms with van der Waals surface area (Å²) >= 11 is 0. The molecule has 3 aromatic rings. The van der Waals surface area contributed by atoms with Gasteiger partial charge in [0, 0.05) is 39.1 Å². The van der Waals surface area contributed by atoms with Crippen LogP contribution in [0.1, 0.15) is 46.4 Å². The van der Waals surface area contributed by atoms with Crippen LogP contribution in [0.2, 0.25) is 0 Å². The van der Waals surface area contributed by atoms with Gasteiger partial charge in [-0.25, -0.2) is 9.97 Å². The van der Waals surface area contributed by atoms with Crippen molar-refractivity contribution in [1.82, 2.24) is 14.5 Å². The Morgan fingerprint density at radius 2 is 1.91 bits per heavy atom. The lowest BCUT2D eigenvalue weighted by Gasteiger charge is -2.26. The van der Waals surface area contributed by atoms with Crippen LogP contribution in [-0.2, 0) is 31.5 Å². The zero-order valence-electron chi connectivity index (χ0n) is 20.9. The van der Waals surface area contributed by atoms with Crippen LogP contribution in [0.25, 0.3) is 11.0 Å². The molecule has 0 bridgehead atoms. The molecule has 0 atom stereocenters. The Bertz CT molecular complexity index is 1320. The number of hydrogen-bond acceptors (Lipinski definition) is 6. The SMILES string of the molecule is CC(=O)Nc1ccc(S(=O)(=O)N(C)c2ccc3c(c2)nc(C(C)(C)C)n3CC2CCOCC2)nc1. The van der Waals surface area contributed by atoms with E-state index >= 15 is 0 Å². The van der Waals surface area contributed by atoms with Gasteiger partial charge in [0.2, 0.25) is 5.91 Å². The van der Waals surface area contributed by atoms with E-state index in [1.54, 1.807) is 6.07 Å². The number of nitrogens with one attached hydrogen (secondary N) is 1. The van der Waals surface area contributed by atoms with Crippen molar-refractivity contribution in [3.63, 3.8) is 0 Å². The Morgan fingerprint density at radius 3 is 2.51 bits per heavy atom. The Morgan fingerprint density at radius 1 is 1.20 bits per heavy atom. The number of hydrogen-bond donors (Lipinski definition) is 1. The summed E-state index contributed by atoms with van der Waals surface area (Å²) in [6, 6.07) is 8.47. The fourth-order valence-corrected chi connectivity index (χ4v) is 5.45. The van der Waals surface area contributed by atoms with Crippen LogP contribution in [0.5, 0.6) is 0 Å². The van der Waals surface area contributed by atoms with Gasteiger partial charge in [0.1, 0.15) is 5.82 Å². The molecule has 1 aliphatic heterocycles. The van der Waals surface area contributed by atoms with Crippen LogP contribution in [0, 0.1) is 5.92 Å². The van der Waals surface area contributed by atoms with E-state index in [1.165, 1.54) is 36.6 Å². The standard InChI is InChI=1S/C25H33N5O4S/c1-17(31)27-19-6-9-23(26-15-19)35(32,33)29(5)20-7-8-22-21(14-20)28-24(25(2,3)4)30(22)16-18-10-12-34-13-11-18/h6-9,14-15,18H,10-13,16H2,1-5H3,(H,27,31). The molecular formula is C25H33N5O4S. The summed E-state index contributed by atoms with van der Waals surface area (Å²) in [5, 5.41) is 2.48. The van der Waals surface area contributed by atoms with Crippen LogP contribution in [0.4, 0.5) is 11.4 Å². The topological polar surface area (TPSA) is 106 Å². The van der Waals surface area contributed by atoms with E-state index in [9.17, 15) is 13.2 Å². The zero-order chi connectivity index (χ0) is 25.4. The summed E-state index contributed by atoms with van der Waals surface area (Å²) in [7, 11) is -2.40. The van der Waals surface area contributed by atoms with Crippen molar-refractivity contribution >= 4 is 38.3 Å². The van der Waals surface area contributed by atoms with Crippen molar-refractivity contribution in [2.45, 2.75) is 57.5 Å². The first kappa shape index (κ1) is 25.1. The maximum absolute atomic E-state index is 13.2. The van der Waals surface area contributed by atoms with Crippen LogP contribution >= 0.6 is 0 Å². The highest BCUT2D eigenvalue weighted by Gasteiger charge is 2.27. The lowest BCUT2D eigenvalue weighted by atomic mass is 9.94. The number of ether oxygens (including phenoxy) is 1. The molecule has 35 heavy (non-hydrogen) atoms. The number of aromatic nitrogens is 3. The second-order valence-corrected chi connectivity index (χ2v) is 12.0. The fraction of sp³-hybridized carbons (Fsp3) is 0.480. The highest BCUT2D eigenvalue weighted by Crippen LogP contribution is 2.32. The average molecular weight is 500 g/mol. The molecule has 1 aliphatic rings. The number of pyridine rings is 1. The van der Waals surface area contributed by atoms with Crippen molar-refractivity contribution in [2.75, 3.05) is 29.9 Å². The molecule has 9 nitrogen and oxygen atoms in total. The van der Waals surface area contributed by atoms with E-state index in [0.29, 0.717) is 17.3 Å². The molecule has 10 heteroatoms. The molecule has 0 saturated carbocycles. The Kier molecular flexibility index (Phi) is 6.88. The highest BCUT2D eigenvalue weighted by molar-refractivity contribution is 7.92. The first-order valence-corrected chi connectivity index (χ1v) is 13.2. The first-order valence-electron chi connectivity index (χ1n) is 11.8. The van der Waals surface area contributed by atoms with Crippen LogP contribution < -0.4 is 9.62 Å². The number of carbonyl (C=O) groups is 1. The second-order valence-electron chi connectivity index (χ2n) is 10.1. The maximum atomic E-state index is 13.2. The van der Waals surface area contributed by atoms with Crippen molar-refractivity contribution in [1.29, 1.82) is 0 Å². The average Bonchev–Trinajstić information content (AvgIpc) is 3.17. The fourth-order valence-electron chi connectivity index (χ4n) is 4.35. The molecule has 1 fully saturated rings. The minimum absolute atomic E-state index is 0.102. The quantitative estimate of drug-likeness (QED) is 0.551. The number of anilines is 2. The van der Waals surface area contributed by atoms with E-state index in [4.69, 9.17) is 9.72 Å². The number of nitrogens with zero attached hydrogens (tertiary/aromatic N) is 4. The van der Waals surface area contributed by atoms with Crippen LogP contribution in [-0.4, -0.2) is 49.1 Å². The van der Waals surface area contributed by atoms with Gasteiger partial charge in [0.15, 0.2) is 5.03 Å². The van der Waals surface area contributed by atoms with E-state index in [2.05, 4.69) is 35.6 Å². The van der Waals surface area contributed by atoms with Crippen molar-refractivity contribution in [3.8, 4) is 0 Å². The number of amides is 1. The number of benzene rings is 1. The molecule has 0 aliphatic carbocycles. The van der Waals surface area contributed by atoms with Crippen LogP contribution in [0.15, 0.2) is 41.6 Å². The molecule has 3 heterocycles. The van der Waals surface area contributed by atoms with E-state index in [0.717, 1.165) is 49.5 Å². The van der Waals surface area contributed by atoms with Gasteiger partial charge in [-0.2, -0.15) is 8.42 Å². The molecule has 0 radical (unpaired) electrons. The molecule has 2 aromatic heterocycles. The van der Waals surface area contributed by atoms with Gasteiger partial charge in [0.05, 0.1) is 28.6 Å². The van der Waals surface area contributed by atoms with E-state index < -0.39 is 10.0 Å². The third-order valence-corrected chi connectivity index (χ3v) is 7.93. The minimum Gasteiger partial charge on any atom is -0.381 e. The summed E-state index contributed by atoms with van der Waals surface area (Å²) in [4.78, 5) is 20.2. The van der Waals surface area contributed by atoms with E-state index in [-0.39, 0.29) is 16.3 Å². The van der Waals surface area contributed by atoms with E-state index in [1.807, 2.05) is 12.1 Å². The molecule has 1 aromatic carbocycles. The van der Waals surface area contributed by atoms with Gasteiger partial charge >= 0.3 is 0 Å². The third-order valence-electron chi connectivity index (χ3n) is 6.23. The summed E-state index contributed by atoms with van der Waals surface area (Å²) in [6.45, 7) is 10.2. The zero-order valence-corrected chi connectivity index (χ0v) is 21.7. The summed E-state index contributed by atoms with van der Waals surface area (Å²) in [5.41, 5.74) is 2.53. The summed E-state index contributed by atoms with van der Waals surface area (Å²) in [5.74, 6) is 1.26. The molecule has 188 valence electrons. The van der Waals surface area contributed by atoms with Gasteiger partial charge in [-0.15, -0.1) is 0 Å². The van der Waals surface area contributed by atoms with Gasteiger partial charge in [-0.05, 0) is 49.1 Å². The molecule has 1 saturated heterocycles. The van der Waals surface area contributed by atoms with Crippen molar-refractivity contribution in [2.24, 2.45) is 5.92 Å². The molecule has 1 amide bonds. The van der Waals surface area contributed by atoms with Crippen molar-refractivity contribution in [3.05, 3.63) is 42.4 Å². The van der Waals surface area contributed by atoms with Gasteiger partial charge in [0.25, 0.3) is 10.0 Å².